The van der Waals surface area contributed by atoms with Gasteiger partial charge in [0.15, 0.2) is 6.29 Å². The molecule has 0 aromatic heterocycles. The molecule has 0 spiro atoms. The molecule has 2 fully saturated rings. The molecule has 114 valence electrons. The van der Waals surface area contributed by atoms with Crippen molar-refractivity contribution in [3.05, 3.63) is 0 Å². The van der Waals surface area contributed by atoms with Crippen molar-refractivity contribution in [3.8, 4) is 6.07 Å². The Balaban J connectivity index is 1.66. The lowest BCUT2D eigenvalue weighted by Gasteiger charge is -2.36. The first-order valence-electron chi connectivity index (χ1n) is 7.97. The fourth-order valence-corrected chi connectivity index (χ4v) is 2.81. The largest absolute Gasteiger partial charge is 0.373 e. The summed E-state index contributed by atoms with van der Waals surface area (Å²) in [6, 6.07) is 2.37. The van der Waals surface area contributed by atoms with Crippen LogP contribution in [-0.4, -0.2) is 32.2 Å². The maximum atomic E-state index is 8.92. The summed E-state index contributed by atoms with van der Waals surface area (Å²) in [5.41, 5.74) is 0. The average molecular weight is 281 g/mol. The van der Waals surface area contributed by atoms with Gasteiger partial charge < -0.3 is 14.2 Å². The molecule has 4 nitrogen and oxygen atoms in total. The van der Waals surface area contributed by atoms with Crippen LogP contribution in [-0.2, 0) is 14.2 Å². The van der Waals surface area contributed by atoms with Crippen molar-refractivity contribution in [3.63, 3.8) is 0 Å². The quantitative estimate of drug-likeness (QED) is 0.777. The Bertz CT molecular complexity index is 312. The Labute approximate surface area is 122 Å². The third kappa shape index (κ3) is 4.44. The maximum absolute atomic E-state index is 8.92. The second kappa shape index (κ2) is 7.97. The monoisotopic (exact) mass is 281 g/mol. The third-order valence-electron chi connectivity index (χ3n) is 4.55. The number of rotatable bonds is 5. The van der Waals surface area contributed by atoms with Gasteiger partial charge in [0.25, 0.3) is 0 Å². The molecular formula is C16H27NO3. The van der Waals surface area contributed by atoms with E-state index in [1.165, 1.54) is 0 Å². The topological polar surface area (TPSA) is 51.5 Å². The van der Waals surface area contributed by atoms with E-state index in [0.29, 0.717) is 25.0 Å². The molecule has 0 amide bonds. The van der Waals surface area contributed by atoms with Gasteiger partial charge in [-0.15, -0.1) is 0 Å². The Morgan fingerprint density at radius 1 is 1.20 bits per heavy atom. The highest BCUT2D eigenvalue weighted by molar-refractivity contribution is 4.88. The minimum atomic E-state index is -0.0851. The van der Waals surface area contributed by atoms with Gasteiger partial charge in [-0.2, -0.15) is 5.26 Å². The molecule has 0 N–H and O–H groups in total. The SMILES string of the molecule is CCC(C)CO[C@H]1CO[C@H](C2CCC(C#N)CC2)OC1. The van der Waals surface area contributed by atoms with Gasteiger partial charge in [0.05, 0.1) is 19.3 Å². The van der Waals surface area contributed by atoms with Gasteiger partial charge in [0.2, 0.25) is 0 Å². The van der Waals surface area contributed by atoms with Crippen LogP contribution in [0.15, 0.2) is 0 Å². The predicted molar refractivity (Wildman–Crippen MR) is 75.9 cm³/mol. The number of hydrogen-bond donors (Lipinski definition) is 0. The fraction of sp³-hybridized carbons (Fsp3) is 0.938. The zero-order valence-corrected chi connectivity index (χ0v) is 12.7. The van der Waals surface area contributed by atoms with Crippen molar-refractivity contribution in [1.82, 2.24) is 0 Å². The summed E-state index contributed by atoms with van der Waals surface area (Å²) < 4.78 is 17.5. The Hall–Kier alpha value is -0.630. The first kappa shape index (κ1) is 15.8. The highest BCUT2D eigenvalue weighted by Crippen LogP contribution is 2.33. The summed E-state index contributed by atoms with van der Waals surface area (Å²) in [5.74, 6) is 1.28. The van der Waals surface area contributed by atoms with Crippen LogP contribution in [0.1, 0.15) is 46.0 Å². The van der Waals surface area contributed by atoms with Gasteiger partial charge in [0.1, 0.15) is 6.10 Å². The van der Waals surface area contributed by atoms with E-state index in [2.05, 4.69) is 19.9 Å². The number of nitrogens with zero attached hydrogens (tertiary/aromatic N) is 1. The lowest BCUT2D eigenvalue weighted by molar-refractivity contribution is -0.250. The first-order chi connectivity index (χ1) is 9.72. The van der Waals surface area contributed by atoms with Crippen LogP contribution in [0.25, 0.3) is 0 Å². The van der Waals surface area contributed by atoms with Gasteiger partial charge >= 0.3 is 0 Å². The van der Waals surface area contributed by atoms with Crippen molar-refractivity contribution in [1.29, 1.82) is 5.26 Å². The molecule has 20 heavy (non-hydrogen) atoms. The third-order valence-corrected chi connectivity index (χ3v) is 4.55. The molecule has 2 aliphatic rings. The van der Waals surface area contributed by atoms with Crippen molar-refractivity contribution >= 4 is 0 Å². The van der Waals surface area contributed by atoms with Gasteiger partial charge in [-0.25, -0.2) is 0 Å². The average Bonchev–Trinajstić information content (AvgIpc) is 2.53. The highest BCUT2D eigenvalue weighted by atomic mass is 16.7. The fourth-order valence-electron chi connectivity index (χ4n) is 2.81. The minimum Gasteiger partial charge on any atom is -0.373 e. The van der Waals surface area contributed by atoms with Crippen LogP contribution in [0.4, 0.5) is 0 Å². The zero-order valence-electron chi connectivity index (χ0n) is 12.7. The van der Waals surface area contributed by atoms with Crippen LogP contribution >= 0.6 is 0 Å². The lowest BCUT2D eigenvalue weighted by atomic mass is 9.82. The zero-order chi connectivity index (χ0) is 14.4. The van der Waals surface area contributed by atoms with Gasteiger partial charge in [-0.3, -0.25) is 0 Å². The molecular weight excluding hydrogens is 254 g/mol. The Morgan fingerprint density at radius 3 is 2.40 bits per heavy atom. The second-order valence-electron chi connectivity index (χ2n) is 6.24. The minimum absolute atomic E-state index is 0.0793. The van der Waals surface area contributed by atoms with E-state index in [1.807, 2.05) is 0 Å². The number of hydrogen-bond acceptors (Lipinski definition) is 4. The summed E-state index contributed by atoms with van der Waals surface area (Å²) in [5, 5.41) is 8.92. The molecule has 0 aromatic carbocycles. The first-order valence-corrected chi connectivity index (χ1v) is 7.97. The molecule has 1 saturated carbocycles. The Kier molecular flexibility index (Phi) is 6.28. The van der Waals surface area contributed by atoms with Gasteiger partial charge in [-0.05, 0) is 31.6 Å². The molecule has 1 aliphatic carbocycles. The van der Waals surface area contributed by atoms with Crippen molar-refractivity contribution in [2.24, 2.45) is 17.8 Å². The molecule has 1 saturated heterocycles. The van der Waals surface area contributed by atoms with Gasteiger partial charge in [-0.1, -0.05) is 20.3 Å². The van der Waals surface area contributed by atoms with E-state index in [9.17, 15) is 0 Å². The van der Waals surface area contributed by atoms with Crippen LogP contribution in [0.5, 0.6) is 0 Å². The van der Waals surface area contributed by atoms with E-state index in [0.717, 1.165) is 38.7 Å². The van der Waals surface area contributed by atoms with E-state index < -0.39 is 0 Å². The van der Waals surface area contributed by atoms with Crippen molar-refractivity contribution < 1.29 is 14.2 Å². The summed E-state index contributed by atoms with van der Waals surface area (Å²) in [7, 11) is 0. The van der Waals surface area contributed by atoms with E-state index >= 15 is 0 Å². The second-order valence-corrected chi connectivity index (χ2v) is 6.24. The summed E-state index contributed by atoms with van der Waals surface area (Å²) in [6.45, 7) is 6.43. The van der Waals surface area contributed by atoms with Crippen molar-refractivity contribution in [2.75, 3.05) is 19.8 Å². The number of ether oxygens (including phenoxy) is 3. The molecule has 0 bridgehead atoms. The molecule has 2 rings (SSSR count). The molecule has 4 heteroatoms. The molecule has 1 unspecified atom stereocenters. The molecule has 0 radical (unpaired) electrons. The normalized spacial score (nSPS) is 36.2. The smallest absolute Gasteiger partial charge is 0.160 e. The standard InChI is InChI=1S/C16H27NO3/c1-3-12(2)9-18-15-10-19-16(20-11-15)14-6-4-13(8-17)5-7-14/h12-16H,3-7,9-11H2,1-2H3/t12?,13?,14?,15-,16-. The van der Waals surface area contributed by atoms with E-state index in [-0.39, 0.29) is 18.3 Å². The summed E-state index contributed by atoms with van der Waals surface area (Å²) >= 11 is 0. The van der Waals surface area contributed by atoms with Crippen molar-refractivity contribution in [2.45, 2.75) is 58.3 Å². The molecule has 0 aromatic rings. The number of nitriles is 1. The Morgan fingerprint density at radius 2 is 1.85 bits per heavy atom. The summed E-state index contributed by atoms with van der Waals surface area (Å²) in [4.78, 5) is 0. The van der Waals surface area contributed by atoms with Crippen LogP contribution < -0.4 is 0 Å². The summed E-state index contributed by atoms with van der Waals surface area (Å²) in [6.07, 6.45) is 5.19. The lowest BCUT2D eigenvalue weighted by Crippen LogP contribution is -2.42. The molecule has 1 aliphatic heterocycles. The van der Waals surface area contributed by atoms with Crippen LogP contribution in [0.2, 0.25) is 0 Å². The molecule has 1 atom stereocenters. The van der Waals surface area contributed by atoms with Gasteiger partial charge in [0, 0.05) is 18.4 Å². The van der Waals surface area contributed by atoms with E-state index in [4.69, 9.17) is 19.5 Å². The van der Waals surface area contributed by atoms with E-state index in [1.54, 1.807) is 0 Å². The van der Waals surface area contributed by atoms with Crippen LogP contribution in [0, 0.1) is 29.1 Å². The highest BCUT2D eigenvalue weighted by Gasteiger charge is 2.32. The maximum Gasteiger partial charge on any atom is 0.160 e. The predicted octanol–water partition coefficient (Wildman–Crippen LogP) is 3.12. The van der Waals surface area contributed by atoms with Crippen LogP contribution in [0.3, 0.4) is 0 Å². The molecule has 1 heterocycles.